The molecule has 0 aromatic heterocycles. The van der Waals surface area contributed by atoms with E-state index in [2.05, 4.69) is 267 Å². The third-order valence-electron chi connectivity index (χ3n) is 18.0. The molecule has 0 saturated carbocycles. The van der Waals surface area contributed by atoms with E-state index >= 15 is 0 Å². The first-order chi connectivity index (χ1) is 51.5. The largest absolute Gasteiger partial charge is 1.00 e. The molecule has 572 valence electrons. The van der Waals surface area contributed by atoms with Gasteiger partial charge in [-0.05, 0) is 192 Å². The monoisotopic (exact) mass is 1510 g/mol. The van der Waals surface area contributed by atoms with Gasteiger partial charge in [-0.2, -0.15) is 0 Å². The van der Waals surface area contributed by atoms with Crippen LogP contribution in [0.2, 0.25) is 0 Å². The average Bonchev–Trinajstić information content (AvgIpc) is 0.880. The summed E-state index contributed by atoms with van der Waals surface area (Å²) in [6.45, 7) is 35.1. The van der Waals surface area contributed by atoms with E-state index in [4.69, 9.17) is 28.8 Å². The van der Waals surface area contributed by atoms with E-state index in [0.29, 0.717) is 53.8 Å². The summed E-state index contributed by atoms with van der Waals surface area (Å²) in [4.78, 5) is -0.154. The van der Waals surface area contributed by atoms with Gasteiger partial charge in [0.2, 0.25) is 0 Å². The van der Waals surface area contributed by atoms with Crippen LogP contribution in [0.5, 0.6) is 34.5 Å². The molecule has 0 bridgehead atoms. The molecular weight excluding hydrogens is 1390 g/mol. The Bertz CT molecular complexity index is 4620. The van der Waals surface area contributed by atoms with E-state index in [0.717, 1.165) is 46.3 Å². The number of hydrogen-bond acceptors (Lipinski definition) is 9. The molecule has 1 N–H and O–H groups in total. The number of aromatic hydroxyl groups is 1. The third-order valence-corrected chi connectivity index (χ3v) is 18.8. The molecule has 0 aliphatic heterocycles. The molecule has 9 nitrogen and oxygen atoms in total. The Morgan fingerprint density at radius 3 is 1.23 bits per heavy atom. The summed E-state index contributed by atoms with van der Waals surface area (Å²) in [6.07, 6.45) is 1.03. The second kappa shape index (κ2) is 48.9. The molecular formula is C98H119KO9S. The van der Waals surface area contributed by atoms with Crippen LogP contribution in [0, 0.1) is 0 Å². The molecule has 0 saturated heterocycles. The molecule has 11 heteroatoms. The molecule has 0 radical (unpaired) electrons. The summed E-state index contributed by atoms with van der Waals surface area (Å²) >= 11 is 0. The number of fused-ring (bicyclic) bond motifs is 2. The first-order valence-corrected chi connectivity index (χ1v) is 39.1. The van der Waals surface area contributed by atoms with E-state index < -0.39 is 10.1 Å². The number of phenols is 1. The van der Waals surface area contributed by atoms with Gasteiger partial charge in [-0.3, -0.25) is 0 Å². The van der Waals surface area contributed by atoms with Crippen LogP contribution in [0.1, 0.15) is 219 Å². The Hall–Kier alpha value is -8.49. The van der Waals surface area contributed by atoms with E-state index in [1.54, 1.807) is 52.7 Å². The summed E-state index contributed by atoms with van der Waals surface area (Å²) in [5, 5.41) is 14.5. The predicted octanol–water partition coefficient (Wildman–Crippen LogP) is 23.6. The normalized spacial score (nSPS) is 10.7. The van der Waals surface area contributed by atoms with Crippen molar-refractivity contribution >= 4 is 31.7 Å². The second-order valence-corrected chi connectivity index (χ2v) is 30.4. The van der Waals surface area contributed by atoms with Gasteiger partial charge in [-0.25, -0.2) is 8.42 Å². The van der Waals surface area contributed by atoms with Gasteiger partial charge in [-0.1, -0.05) is 323 Å². The summed E-state index contributed by atoms with van der Waals surface area (Å²) in [5.74, 6) is 8.77. The van der Waals surface area contributed by atoms with Gasteiger partial charge in [-0.15, -0.1) is 0 Å². The van der Waals surface area contributed by atoms with E-state index in [-0.39, 0.29) is 62.2 Å². The van der Waals surface area contributed by atoms with Crippen LogP contribution >= 0.6 is 0 Å². The van der Waals surface area contributed by atoms with Crippen molar-refractivity contribution in [1.82, 2.24) is 0 Å². The molecule has 0 unspecified atom stereocenters. The fourth-order valence-electron chi connectivity index (χ4n) is 11.4. The number of benzene rings is 12. The maximum atomic E-state index is 10.7. The summed E-state index contributed by atoms with van der Waals surface area (Å²) < 4.78 is 58.6. The number of ether oxygens (including phenoxy) is 5. The van der Waals surface area contributed by atoms with Gasteiger partial charge in [0.25, 0.3) is 0 Å². The minimum atomic E-state index is -4.31. The zero-order chi connectivity index (χ0) is 79.3. The van der Waals surface area contributed by atoms with Crippen molar-refractivity contribution in [3.05, 3.63) is 340 Å². The Morgan fingerprint density at radius 1 is 0.321 bits per heavy atom. The van der Waals surface area contributed by atoms with Crippen molar-refractivity contribution in [2.45, 2.75) is 176 Å². The summed E-state index contributed by atoms with van der Waals surface area (Å²) in [5.41, 5.74) is 14.0. The van der Waals surface area contributed by atoms with E-state index in [1.807, 2.05) is 86.6 Å². The topological polar surface area (TPSA) is 124 Å². The molecule has 0 aliphatic carbocycles. The fraction of sp³-hybridized carbons (Fsp3) is 0.306. The van der Waals surface area contributed by atoms with Crippen molar-refractivity contribution in [3.63, 3.8) is 0 Å². The minimum absolute atomic E-state index is 0. The van der Waals surface area contributed by atoms with E-state index in [9.17, 15) is 13.0 Å². The molecule has 12 aromatic carbocycles. The Morgan fingerprint density at radius 2 is 0.734 bits per heavy atom. The van der Waals surface area contributed by atoms with Crippen LogP contribution < -0.4 is 75.1 Å². The molecule has 0 aliphatic rings. The average molecular weight is 1510 g/mol. The van der Waals surface area contributed by atoms with Gasteiger partial charge in [0, 0.05) is 11.6 Å². The summed E-state index contributed by atoms with van der Waals surface area (Å²) in [7, 11) is 2.38. The van der Waals surface area contributed by atoms with Crippen LogP contribution in [0.25, 0.3) is 21.5 Å². The SMILES string of the molecule is CC(C)c1ccc2ccccc2c1.CC(C)c1cccc(Cc2ccccc2)c1.CC(C)c1cccc(O)c1.CC(C)c1cccc(OCc2ccccc2)c1.CC(C)c1cccc(S(=O)(=O)[O-])c1.CC(C)c1cccc2ccccc12.COc1cc(OC)cc(C(C)C)c1.COc1cccc(OC)c1C(C)C.[K+]. The maximum Gasteiger partial charge on any atom is 1.00 e. The predicted molar refractivity (Wildman–Crippen MR) is 455 cm³/mol. The Kier molecular flexibility index (Phi) is 41.7. The number of methoxy groups -OCH3 is 4. The van der Waals surface area contributed by atoms with Crippen LogP contribution in [0.15, 0.2) is 284 Å². The Labute approximate surface area is 697 Å². The van der Waals surface area contributed by atoms with Crippen LogP contribution in [-0.4, -0.2) is 46.5 Å². The zero-order valence-electron chi connectivity index (χ0n) is 68.7. The fourth-order valence-corrected chi connectivity index (χ4v) is 12.0. The number of rotatable bonds is 18. The third kappa shape index (κ3) is 32.9. The second-order valence-electron chi connectivity index (χ2n) is 29.0. The number of phenolic OH excluding ortho intramolecular Hbond substituents is 1. The first kappa shape index (κ1) is 92.9. The molecule has 0 spiro atoms. The first-order valence-electron chi connectivity index (χ1n) is 37.7. The van der Waals surface area contributed by atoms with Crippen LogP contribution in [0.4, 0.5) is 0 Å². The quantitative estimate of drug-likeness (QED) is 0.0661. The molecule has 0 fully saturated rings. The van der Waals surface area contributed by atoms with Crippen molar-refractivity contribution < 1.29 is 93.1 Å². The van der Waals surface area contributed by atoms with Crippen molar-refractivity contribution in [1.29, 1.82) is 0 Å². The van der Waals surface area contributed by atoms with Gasteiger partial charge in [0.05, 0.1) is 33.3 Å². The van der Waals surface area contributed by atoms with Gasteiger partial charge in [0.1, 0.15) is 51.2 Å². The maximum absolute atomic E-state index is 10.7. The van der Waals surface area contributed by atoms with Gasteiger partial charge < -0.3 is 33.3 Å². The van der Waals surface area contributed by atoms with Crippen LogP contribution in [0.3, 0.4) is 0 Å². The zero-order valence-corrected chi connectivity index (χ0v) is 72.7. The minimum Gasteiger partial charge on any atom is -0.744 e. The van der Waals surface area contributed by atoms with Gasteiger partial charge >= 0.3 is 51.4 Å². The van der Waals surface area contributed by atoms with Crippen molar-refractivity contribution in [2.24, 2.45) is 0 Å². The molecule has 109 heavy (non-hydrogen) atoms. The van der Waals surface area contributed by atoms with Crippen molar-refractivity contribution in [3.8, 4) is 34.5 Å². The summed E-state index contributed by atoms with van der Waals surface area (Å²) in [6, 6.07) is 93.6. The van der Waals surface area contributed by atoms with Crippen molar-refractivity contribution in [2.75, 3.05) is 28.4 Å². The number of hydrogen-bond donors (Lipinski definition) is 1. The molecule has 0 heterocycles. The van der Waals surface area contributed by atoms with Crippen LogP contribution in [-0.2, 0) is 23.1 Å². The Balaban J connectivity index is 0.000000264. The smallest absolute Gasteiger partial charge is 0.744 e. The van der Waals surface area contributed by atoms with Gasteiger partial charge in [0.15, 0.2) is 0 Å². The molecule has 12 rings (SSSR count). The standard InChI is InChI=1S/C16H18O.C16H18.2C13H14.2C11H16O2.C9H12O3S.C9H12O.K/c1-13(2)15-9-6-10-16(11-15)17-12-14-7-4-3-5-8-14;1-13(2)16-10-6-9-15(12-16)11-14-7-4-3-5-8-14;1-10(2)12-9-5-7-11-6-3-4-8-13(11)12;1-10(2)12-8-7-11-5-3-4-6-13(11)9-12;1-8(2)9-5-10(12-3)7-11(6-9)13-4;1-8(2)11-9(12-3)6-5-7-10(11)13-4;1-7(2)8-4-3-5-9(6-8)13(10,11)12;1-7(2)8-4-3-5-9(10)6-8;/h3-11,13H,12H2,1-2H3;3-10,12-13H,11H2,1-2H3;2*3-10H,1-2H3;2*5-8H,1-4H3;3-7H,1-2H3,(H,10,11,12);3-7,10H,1-2H3;/q;;;;;;;;+1/p-1. The molecule has 12 aromatic rings. The molecule has 0 amide bonds. The molecule has 0 atom stereocenters. The van der Waals surface area contributed by atoms with E-state index in [1.165, 1.54) is 83.7 Å².